The molecule has 2 unspecified atom stereocenters. The van der Waals surface area contributed by atoms with Gasteiger partial charge in [-0.1, -0.05) is 113 Å². The zero-order chi connectivity index (χ0) is 26.4. The molecule has 4 aliphatic rings. The van der Waals surface area contributed by atoms with Gasteiger partial charge in [0, 0.05) is 0 Å². The second-order valence-electron chi connectivity index (χ2n) is 10.5. The fraction of sp³-hybridized carbons (Fsp3) is 0.250. The van der Waals surface area contributed by atoms with E-state index in [4.69, 9.17) is 0 Å². The van der Waals surface area contributed by atoms with Crippen LogP contribution in [0.3, 0.4) is 0 Å². The fourth-order valence-electron chi connectivity index (χ4n) is 6.67. The van der Waals surface area contributed by atoms with E-state index in [1.165, 1.54) is 0 Å². The van der Waals surface area contributed by atoms with E-state index in [1.807, 2.05) is 48.5 Å². The number of fused-ring (bicyclic) bond motifs is 10. The number of halogens is 5. The first-order valence-electron chi connectivity index (χ1n) is 12.7. The number of aliphatic hydroxyl groups is 1. The van der Waals surface area contributed by atoms with Gasteiger partial charge >= 0.3 is 0 Å². The molecular formula is C32H23BrF4O. The third-order valence-electron chi connectivity index (χ3n) is 8.57. The molecule has 0 aromatic heterocycles. The average Bonchev–Trinajstić information content (AvgIpc) is 3.75. The maximum absolute atomic E-state index is 14.2. The molecule has 0 aliphatic heterocycles. The second-order valence-corrected chi connectivity index (χ2v) is 11.5. The summed E-state index contributed by atoms with van der Waals surface area (Å²) in [4.78, 5) is 0.00324. The van der Waals surface area contributed by atoms with Gasteiger partial charge in [-0.05, 0) is 44.5 Å². The van der Waals surface area contributed by atoms with Crippen molar-refractivity contribution in [3.63, 3.8) is 0 Å². The topological polar surface area (TPSA) is 20.2 Å². The molecule has 1 N–H and O–H groups in total. The maximum atomic E-state index is 14.2. The minimum absolute atomic E-state index is 0.00324. The molecular weight excluding hydrogens is 556 g/mol. The molecule has 4 aromatic rings. The van der Waals surface area contributed by atoms with Gasteiger partial charge in [0.1, 0.15) is 6.10 Å². The van der Waals surface area contributed by atoms with Crippen molar-refractivity contribution < 1.29 is 22.7 Å². The zero-order valence-corrected chi connectivity index (χ0v) is 21.6. The van der Waals surface area contributed by atoms with E-state index in [9.17, 15) is 22.7 Å². The molecule has 0 radical (unpaired) electrons. The number of rotatable bonds is 0. The standard InChI is InChI=1S/C16H11BrF2.C16H12F2O/c17-15-11-7-3-1-5-9(11)13-14(16(13,18)19)10-6-2-4-8-12(10)15;17-16(18)13-9-5-1-3-7-11(9)15(19)12-8-4-2-6-10(12)14(13)16/h1-8,13-15H;1-8,13-15,19H/t2*13-,14+,15?. The minimum atomic E-state index is -2.70. The lowest BCUT2D eigenvalue weighted by Gasteiger charge is -2.17. The SMILES string of the molecule is FC1(F)[C@@H]2c3ccccc3C(Br)c3ccccc3[C@@H]21.OC1c2ccccc2[C@@H]2[C@H](c3ccccc31)C2(F)F. The van der Waals surface area contributed by atoms with Crippen molar-refractivity contribution in [3.8, 4) is 0 Å². The Kier molecular flexibility index (Phi) is 5.25. The van der Waals surface area contributed by atoms with Crippen LogP contribution in [0, 0.1) is 0 Å². The smallest absolute Gasteiger partial charge is 0.263 e. The van der Waals surface area contributed by atoms with Crippen molar-refractivity contribution in [2.45, 2.75) is 46.4 Å². The van der Waals surface area contributed by atoms with Crippen LogP contribution in [0.25, 0.3) is 0 Å². The van der Waals surface area contributed by atoms with Crippen LogP contribution in [-0.2, 0) is 0 Å². The van der Waals surface area contributed by atoms with E-state index in [0.29, 0.717) is 22.3 Å². The second kappa shape index (κ2) is 8.27. The molecule has 2 saturated carbocycles. The highest BCUT2D eigenvalue weighted by Crippen LogP contribution is 2.71. The Morgan fingerprint density at radius 2 is 0.684 bits per heavy atom. The Labute approximate surface area is 226 Å². The highest BCUT2D eigenvalue weighted by Gasteiger charge is 2.71. The van der Waals surface area contributed by atoms with E-state index in [0.717, 1.165) is 22.3 Å². The molecule has 1 nitrogen and oxygen atoms in total. The highest BCUT2D eigenvalue weighted by atomic mass is 79.9. The number of aliphatic hydroxyl groups excluding tert-OH is 1. The summed E-state index contributed by atoms with van der Waals surface area (Å²) in [7, 11) is 0. The van der Waals surface area contributed by atoms with Gasteiger partial charge in [-0.3, -0.25) is 0 Å². The summed E-state index contributed by atoms with van der Waals surface area (Å²) in [5.74, 6) is -8.21. The van der Waals surface area contributed by atoms with Gasteiger partial charge < -0.3 is 5.11 Å². The fourth-order valence-corrected chi connectivity index (χ4v) is 7.51. The predicted molar refractivity (Wildman–Crippen MR) is 141 cm³/mol. The van der Waals surface area contributed by atoms with Crippen LogP contribution in [0.1, 0.15) is 79.1 Å². The number of hydrogen-bond donors (Lipinski definition) is 1. The van der Waals surface area contributed by atoms with Gasteiger partial charge in [-0.25, -0.2) is 17.6 Å². The molecule has 4 aromatic carbocycles. The van der Waals surface area contributed by atoms with E-state index in [-0.39, 0.29) is 4.83 Å². The van der Waals surface area contributed by atoms with Crippen molar-refractivity contribution in [3.05, 3.63) is 142 Å². The average molecular weight is 579 g/mol. The summed E-state index contributed by atoms with van der Waals surface area (Å²) in [6.45, 7) is 0. The molecule has 0 heterocycles. The van der Waals surface area contributed by atoms with Gasteiger partial charge in [-0.2, -0.15) is 0 Å². The lowest BCUT2D eigenvalue weighted by atomic mass is 9.94. The summed E-state index contributed by atoms with van der Waals surface area (Å²) in [6.07, 6.45) is -0.809. The third kappa shape index (κ3) is 3.32. The zero-order valence-electron chi connectivity index (χ0n) is 20.0. The summed E-state index contributed by atoms with van der Waals surface area (Å²) in [5, 5.41) is 10.5. The van der Waals surface area contributed by atoms with Crippen LogP contribution in [0.15, 0.2) is 97.1 Å². The molecule has 4 aliphatic carbocycles. The normalized spacial score (nSPS) is 29.7. The van der Waals surface area contributed by atoms with Crippen LogP contribution < -0.4 is 0 Å². The van der Waals surface area contributed by atoms with Crippen LogP contribution in [0.5, 0.6) is 0 Å². The van der Waals surface area contributed by atoms with Gasteiger partial charge in [0.05, 0.1) is 28.5 Å². The first-order valence-corrected chi connectivity index (χ1v) is 13.6. The molecule has 2 fully saturated rings. The quantitative estimate of drug-likeness (QED) is 0.163. The number of hydrogen-bond acceptors (Lipinski definition) is 1. The molecule has 0 saturated heterocycles. The van der Waals surface area contributed by atoms with Gasteiger partial charge in [0.15, 0.2) is 0 Å². The van der Waals surface area contributed by atoms with Crippen LogP contribution in [0.2, 0.25) is 0 Å². The van der Waals surface area contributed by atoms with Crippen LogP contribution >= 0.6 is 15.9 Å². The molecule has 192 valence electrons. The monoisotopic (exact) mass is 578 g/mol. The van der Waals surface area contributed by atoms with E-state index in [1.54, 1.807) is 48.5 Å². The van der Waals surface area contributed by atoms with E-state index >= 15 is 0 Å². The summed E-state index contributed by atoms with van der Waals surface area (Å²) < 4.78 is 56.5. The maximum Gasteiger partial charge on any atom is 0.263 e. The molecule has 0 amide bonds. The molecule has 6 heteroatoms. The number of benzene rings is 4. The van der Waals surface area contributed by atoms with Crippen molar-refractivity contribution in [2.24, 2.45) is 0 Å². The summed E-state index contributed by atoms with van der Waals surface area (Å²) in [5.41, 5.74) is 5.91. The Bertz CT molecular complexity index is 1340. The van der Waals surface area contributed by atoms with Gasteiger partial charge in [0.2, 0.25) is 0 Å². The molecule has 0 bridgehead atoms. The Morgan fingerprint density at radius 1 is 0.447 bits per heavy atom. The van der Waals surface area contributed by atoms with E-state index < -0.39 is 41.6 Å². The first-order chi connectivity index (χ1) is 18.2. The summed E-state index contributed by atoms with van der Waals surface area (Å²) in [6, 6.07) is 29.1. The minimum Gasteiger partial charge on any atom is -0.384 e. The molecule has 38 heavy (non-hydrogen) atoms. The molecule has 8 rings (SSSR count). The lowest BCUT2D eigenvalue weighted by molar-refractivity contribution is 0.102. The Hall–Kier alpha value is -2.96. The highest BCUT2D eigenvalue weighted by molar-refractivity contribution is 9.09. The van der Waals surface area contributed by atoms with E-state index in [2.05, 4.69) is 15.9 Å². The Balaban J connectivity index is 0.000000127. The third-order valence-corrected chi connectivity index (χ3v) is 9.55. The van der Waals surface area contributed by atoms with Crippen molar-refractivity contribution in [2.75, 3.05) is 0 Å². The predicted octanol–water partition coefficient (Wildman–Crippen LogP) is 8.60. The first kappa shape index (κ1) is 24.1. The molecule has 6 atom stereocenters. The van der Waals surface area contributed by atoms with Crippen molar-refractivity contribution in [1.82, 2.24) is 0 Å². The van der Waals surface area contributed by atoms with Crippen molar-refractivity contribution in [1.29, 1.82) is 0 Å². The van der Waals surface area contributed by atoms with Crippen LogP contribution in [0.4, 0.5) is 17.6 Å². The van der Waals surface area contributed by atoms with Gasteiger partial charge in [-0.15, -0.1) is 0 Å². The number of alkyl halides is 5. The Morgan fingerprint density at radius 3 is 1.00 bits per heavy atom. The largest absolute Gasteiger partial charge is 0.384 e. The summed E-state index contributed by atoms with van der Waals surface area (Å²) >= 11 is 3.68. The van der Waals surface area contributed by atoms with Gasteiger partial charge in [0.25, 0.3) is 11.8 Å². The lowest BCUT2D eigenvalue weighted by Crippen LogP contribution is -2.08. The molecule has 0 spiro atoms. The van der Waals surface area contributed by atoms with Crippen molar-refractivity contribution >= 4 is 15.9 Å². The van der Waals surface area contributed by atoms with Crippen LogP contribution in [-0.4, -0.2) is 17.0 Å².